The fourth-order valence-electron chi connectivity index (χ4n) is 6.03. The highest BCUT2D eigenvalue weighted by molar-refractivity contribution is 7.02. The first-order chi connectivity index (χ1) is 13.4. The maximum atomic E-state index is 2.62. The van der Waals surface area contributed by atoms with Crippen molar-refractivity contribution < 1.29 is 0 Å². The summed E-state index contributed by atoms with van der Waals surface area (Å²) in [5.41, 5.74) is 3.40. The zero-order valence-electron chi connectivity index (χ0n) is 16.2. The molecule has 0 N–H and O–H groups in total. The second-order valence-electron chi connectivity index (χ2n) is 8.89. The SMILES string of the molecule is C1=C(C2=CC[C@H]3C[Si](c4ccccc4)(c4ccccc4)C[C@@H]3C2)CCCC1. The topological polar surface area (TPSA) is 0 Å². The van der Waals surface area contributed by atoms with Crippen LogP contribution in [0.15, 0.2) is 84.0 Å². The molecule has 0 unspecified atom stereocenters. The first-order valence-electron chi connectivity index (χ1n) is 10.8. The van der Waals surface area contributed by atoms with Gasteiger partial charge in [0, 0.05) is 0 Å². The van der Waals surface area contributed by atoms with Crippen molar-refractivity contribution in [1.82, 2.24) is 0 Å². The van der Waals surface area contributed by atoms with Gasteiger partial charge in [-0.3, -0.25) is 0 Å². The average molecular weight is 371 g/mol. The Hall–Kier alpha value is -1.86. The first kappa shape index (κ1) is 17.2. The number of hydrogen-bond donors (Lipinski definition) is 0. The van der Waals surface area contributed by atoms with Gasteiger partial charge in [-0.2, -0.15) is 0 Å². The second kappa shape index (κ2) is 7.28. The van der Waals surface area contributed by atoms with Gasteiger partial charge >= 0.3 is 0 Å². The molecule has 0 nitrogen and oxygen atoms in total. The number of fused-ring (bicyclic) bond motifs is 1. The number of allylic oxidation sites excluding steroid dienone is 4. The van der Waals surface area contributed by atoms with Crippen LogP contribution in [0.4, 0.5) is 0 Å². The Kier molecular flexibility index (Phi) is 4.65. The second-order valence-corrected chi connectivity index (χ2v) is 13.0. The molecule has 2 atom stereocenters. The molecule has 0 radical (unpaired) electrons. The van der Waals surface area contributed by atoms with E-state index in [9.17, 15) is 0 Å². The molecule has 5 rings (SSSR count). The third-order valence-electron chi connectivity index (χ3n) is 7.39. The van der Waals surface area contributed by atoms with Crippen molar-refractivity contribution in [3.63, 3.8) is 0 Å². The van der Waals surface area contributed by atoms with E-state index in [1.807, 2.05) is 0 Å². The van der Waals surface area contributed by atoms with Crippen LogP contribution in [0.1, 0.15) is 38.5 Å². The predicted molar refractivity (Wildman–Crippen MR) is 118 cm³/mol. The van der Waals surface area contributed by atoms with Crippen molar-refractivity contribution in [2.75, 3.05) is 0 Å². The minimum atomic E-state index is -1.64. The molecule has 2 aliphatic carbocycles. The highest BCUT2D eigenvalue weighted by atomic mass is 28.3. The van der Waals surface area contributed by atoms with Crippen molar-refractivity contribution in [2.45, 2.75) is 50.6 Å². The number of hydrogen-bond acceptors (Lipinski definition) is 0. The summed E-state index contributed by atoms with van der Waals surface area (Å²) >= 11 is 0. The minimum Gasteiger partial charge on any atom is -0.0811 e. The number of benzene rings is 2. The lowest BCUT2D eigenvalue weighted by Gasteiger charge is -2.29. The summed E-state index contributed by atoms with van der Waals surface area (Å²) in [6.45, 7) is 0. The van der Waals surface area contributed by atoms with E-state index in [1.54, 1.807) is 21.5 Å². The van der Waals surface area contributed by atoms with Crippen LogP contribution in [0.25, 0.3) is 0 Å². The van der Waals surface area contributed by atoms with Crippen LogP contribution in [0.2, 0.25) is 12.1 Å². The molecule has 0 spiro atoms. The Balaban J connectivity index is 1.48. The molecule has 1 saturated heterocycles. The van der Waals surface area contributed by atoms with Gasteiger partial charge in [0.1, 0.15) is 8.07 Å². The fourth-order valence-corrected chi connectivity index (χ4v) is 11.9. The van der Waals surface area contributed by atoms with E-state index >= 15 is 0 Å². The molecule has 27 heavy (non-hydrogen) atoms. The molecule has 2 aromatic rings. The molecule has 0 aromatic heterocycles. The van der Waals surface area contributed by atoms with Gasteiger partial charge in [0.2, 0.25) is 0 Å². The van der Waals surface area contributed by atoms with Crippen molar-refractivity contribution in [2.24, 2.45) is 11.8 Å². The van der Waals surface area contributed by atoms with E-state index in [4.69, 9.17) is 0 Å². The van der Waals surface area contributed by atoms with Crippen LogP contribution in [0.5, 0.6) is 0 Å². The molecule has 0 saturated carbocycles. The van der Waals surface area contributed by atoms with Crippen LogP contribution in [-0.4, -0.2) is 8.07 Å². The van der Waals surface area contributed by atoms with Crippen LogP contribution in [0, 0.1) is 11.8 Å². The van der Waals surface area contributed by atoms with E-state index in [2.05, 4.69) is 72.8 Å². The molecule has 138 valence electrons. The Morgan fingerprint density at radius 2 is 1.33 bits per heavy atom. The summed E-state index contributed by atoms with van der Waals surface area (Å²) in [5, 5.41) is 3.31. The standard InChI is InChI=1S/C26H30Si/c1-4-10-21(11-5-1)22-16-17-23-19-27(20-24(23)18-22,25-12-6-2-7-13-25)26-14-8-3-9-15-26/h2-3,6-10,12-16,23-24H,1,4-5,11,17-20H2/t23-,24-/m0/s1. The molecular formula is C26H30Si. The Labute approximate surface area is 165 Å². The monoisotopic (exact) mass is 370 g/mol. The molecule has 1 aliphatic heterocycles. The van der Waals surface area contributed by atoms with Gasteiger partial charge in [-0.05, 0) is 73.6 Å². The molecule has 2 aromatic carbocycles. The summed E-state index contributed by atoms with van der Waals surface area (Å²) in [6, 6.07) is 26.0. The fraction of sp³-hybridized carbons (Fsp3) is 0.385. The van der Waals surface area contributed by atoms with E-state index < -0.39 is 8.07 Å². The number of rotatable bonds is 3. The van der Waals surface area contributed by atoms with Crippen molar-refractivity contribution in [3.8, 4) is 0 Å². The van der Waals surface area contributed by atoms with Crippen LogP contribution in [-0.2, 0) is 0 Å². The Morgan fingerprint density at radius 3 is 1.96 bits per heavy atom. The molecule has 1 fully saturated rings. The smallest absolute Gasteiger partial charge is 0.0811 e. The molecule has 1 heterocycles. The lowest BCUT2D eigenvalue weighted by molar-refractivity contribution is 0.393. The van der Waals surface area contributed by atoms with Gasteiger partial charge in [-0.1, -0.05) is 83.2 Å². The highest BCUT2D eigenvalue weighted by Crippen LogP contribution is 2.48. The minimum absolute atomic E-state index is 0.889. The van der Waals surface area contributed by atoms with Gasteiger partial charge in [0.05, 0.1) is 0 Å². The largest absolute Gasteiger partial charge is 0.118 e. The normalized spacial score (nSPS) is 26.8. The van der Waals surface area contributed by atoms with Crippen LogP contribution < -0.4 is 10.4 Å². The van der Waals surface area contributed by atoms with Crippen LogP contribution in [0.3, 0.4) is 0 Å². The van der Waals surface area contributed by atoms with Crippen LogP contribution >= 0.6 is 0 Å². The molecule has 3 aliphatic rings. The average Bonchev–Trinajstić information content (AvgIpc) is 3.16. The zero-order chi connectivity index (χ0) is 18.1. The van der Waals surface area contributed by atoms with E-state index in [-0.39, 0.29) is 0 Å². The molecule has 0 bridgehead atoms. The summed E-state index contributed by atoms with van der Waals surface area (Å²) in [7, 11) is -1.64. The van der Waals surface area contributed by atoms with E-state index in [0.29, 0.717) is 0 Å². The van der Waals surface area contributed by atoms with Crippen molar-refractivity contribution in [3.05, 3.63) is 84.0 Å². The van der Waals surface area contributed by atoms with Crippen molar-refractivity contribution in [1.29, 1.82) is 0 Å². The lowest BCUT2D eigenvalue weighted by atomic mass is 9.78. The zero-order valence-corrected chi connectivity index (χ0v) is 17.2. The third kappa shape index (κ3) is 3.16. The summed E-state index contributed by atoms with van der Waals surface area (Å²) < 4.78 is 0. The lowest BCUT2D eigenvalue weighted by Crippen LogP contribution is -2.56. The third-order valence-corrected chi connectivity index (χ3v) is 12.7. The van der Waals surface area contributed by atoms with E-state index in [1.165, 1.54) is 50.6 Å². The maximum Gasteiger partial charge on any atom is 0.118 e. The van der Waals surface area contributed by atoms with Gasteiger partial charge in [0.25, 0.3) is 0 Å². The molecule has 1 heteroatoms. The van der Waals surface area contributed by atoms with Gasteiger partial charge in [0.15, 0.2) is 0 Å². The maximum absolute atomic E-state index is 2.62. The van der Waals surface area contributed by atoms with Crippen molar-refractivity contribution >= 4 is 18.4 Å². The predicted octanol–water partition coefficient (Wildman–Crippen LogP) is 5.72. The van der Waals surface area contributed by atoms with E-state index in [0.717, 1.165) is 11.8 Å². The Morgan fingerprint density at radius 1 is 0.667 bits per heavy atom. The first-order valence-corrected chi connectivity index (χ1v) is 13.3. The Bertz CT molecular complexity index is 807. The molecule has 0 amide bonds. The summed E-state index contributed by atoms with van der Waals surface area (Å²) in [5.74, 6) is 1.78. The van der Waals surface area contributed by atoms with Gasteiger partial charge < -0.3 is 0 Å². The summed E-state index contributed by atoms with van der Waals surface area (Å²) in [4.78, 5) is 0. The molecular weight excluding hydrogens is 340 g/mol. The van der Waals surface area contributed by atoms with Gasteiger partial charge in [-0.25, -0.2) is 0 Å². The quantitative estimate of drug-likeness (QED) is 0.607. The van der Waals surface area contributed by atoms with Gasteiger partial charge in [-0.15, -0.1) is 0 Å². The summed E-state index contributed by atoms with van der Waals surface area (Å²) in [6.07, 6.45) is 13.2. The highest BCUT2D eigenvalue weighted by Gasteiger charge is 2.49.